The fourth-order valence-electron chi connectivity index (χ4n) is 3.80. The molecule has 4 aromatic rings. The van der Waals surface area contributed by atoms with Crippen LogP contribution in [0, 0.1) is 6.92 Å². The first-order valence-corrected chi connectivity index (χ1v) is 13.6. The third-order valence-corrected chi connectivity index (χ3v) is 6.19. The van der Waals surface area contributed by atoms with Gasteiger partial charge in [0.2, 0.25) is 0 Å². The maximum absolute atomic E-state index is 5.87. The second-order valence-electron chi connectivity index (χ2n) is 9.35. The Labute approximate surface area is 231 Å². The van der Waals surface area contributed by atoms with Crippen LogP contribution in [0.4, 0.5) is 22.7 Å². The second kappa shape index (κ2) is 15.2. The lowest BCUT2D eigenvalue weighted by Crippen LogP contribution is -1.99. The van der Waals surface area contributed by atoms with Gasteiger partial charge >= 0.3 is 0 Å². The molecule has 0 amide bonds. The normalized spacial score (nSPS) is 11.3. The van der Waals surface area contributed by atoms with Crippen molar-refractivity contribution in [1.29, 1.82) is 0 Å². The monoisotopic (exact) mass is 520 g/mol. The van der Waals surface area contributed by atoms with Gasteiger partial charge in [0.1, 0.15) is 11.5 Å². The van der Waals surface area contributed by atoms with E-state index in [9.17, 15) is 0 Å². The summed E-state index contributed by atoms with van der Waals surface area (Å²) in [6, 6.07) is 31.6. The molecule has 6 nitrogen and oxygen atoms in total. The number of nitrogens with zero attached hydrogens (tertiary/aromatic N) is 4. The van der Waals surface area contributed by atoms with Gasteiger partial charge in [-0.3, -0.25) is 0 Å². The topological polar surface area (TPSA) is 67.9 Å². The van der Waals surface area contributed by atoms with Crippen molar-refractivity contribution >= 4 is 22.7 Å². The van der Waals surface area contributed by atoms with Gasteiger partial charge in [0.05, 0.1) is 36.0 Å². The zero-order valence-corrected chi connectivity index (χ0v) is 22.8. The number of hydrogen-bond donors (Lipinski definition) is 0. The molecule has 39 heavy (non-hydrogen) atoms. The molecule has 0 saturated carbocycles. The third kappa shape index (κ3) is 9.82. The molecule has 200 valence electrons. The Hall–Kier alpha value is -4.32. The number of rotatable bonds is 14. The lowest BCUT2D eigenvalue weighted by Gasteiger charge is -2.07. The van der Waals surface area contributed by atoms with Crippen LogP contribution in [0.5, 0.6) is 11.5 Å². The molecule has 6 heteroatoms. The van der Waals surface area contributed by atoms with Crippen LogP contribution in [0.2, 0.25) is 0 Å². The molecule has 0 spiro atoms. The number of aryl methyl sites for hydroxylation is 2. The van der Waals surface area contributed by atoms with Gasteiger partial charge in [0.15, 0.2) is 0 Å². The molecule has 4 rings (SSSR count). The number of hydrogen-bond acceptors (Lipinski definition) is 6. The first-order chi connectivity index (χ1) is 19.2. The molecule has 0 aliphatic heterocycles. The Morgan fingerprint density at radius 1 is 0.462 bits per heavy atom. The molecule has 4 aromatic carbocycles. The van der Waals surface area contributed by atoms with E-state index < -0.39 is 0 Å². The van der Waals surface area contributed by atoms with Crippen molar-refractivity contribution in [3.05, 3.63) is 108 Å². The molecule has 0 fully saturated rings. The number of unbranched alkanes of at least 4 members (excludes halogenated alkanes) is 3. The smallest absolute Gasteiger partial charge is 0.119 e. The Morgan fingerprint density at radius 2 is 0.821 bits per heavy atom. The summed E-state index contributed by atoms with van der Waals surface area (Å²) in [7, 11) is 0. The van der Waals surface area contributed by atoms with E-state index in [1.807, 2.05) is 84.9 Å². The van der Waals surface area contributed by atoms with Crippen molar-refractivity contribution in [2.75, 3.05) is 13.2 Å². The van der Waals surface area contributed by atoms with Gasteiger partial charge in [-0.15, -0.1) is 0 Å². The highest BCUT2D eigenvalue weighted by atomic mass is 16.5. The van der Waals surface area contributed by atoms with E-state index in [2.05, 4.69) is 46.4 Å². The van der Waals surface area contributed by atoms with Crippen molar-refractivity contribution < 1.29 is 9.47 Å². The van der Waals surface area contributed by atoms with Gasteiger partial charge in [-0.1, -0.05) is 36.8 Å². The van der Waals surface area contributed by atoms with Crippen LogP contribution in [-0.4, -0.2) is 13.2 Å². The minimum atomic E-state index is 0.698. The minimum absolute atomic E-state index is 0.698. The molecule has 0 radical (unpaired) electrons. The second-order valence-corrected chi connectivity index (χ2v) is 9.35. The van der Waals surface area contributed by atoms with Gasteiger partial charge in [0, 0.05) is 0 Å². The van der Waals surface area contributed by atoms with Crippen molar-refractivity contribution in [3.8, 4) is 11.5 Å². The Bertz CT molecular complexity index is 1310. The van der Waals surface area contributed by atoms with E-state index in [1.54, 1.807) is 0 Å². The molecule has 0 bridgehead atoms. The Kier molecular flexibility index (Phi) is 10.8. The average Bonchev–Trinajstić information content (AvgIpc) is 2.98. The molecular weight excluding hydrogens is 484 g/mol. The van der Waals surface area contributed by atoms with Crippen LogP contribution in [-0.2, 0) is 6.42 Å². The van der Waals surface area contributed by atoms with Gasteiger partial charge in [-0.25, -0.2) is 0 Å². The maximum atomic E-state index is 5.87. The van der Waals surface area contributed by atoms with E-state index >= 15 is 0 Å². The van der Waals surface area contributed by atoms with Crippen LogP contribution in [0.15, 0.2) is 118 Å². The van der Waals surface area contributed by atoms with Crippen molar-refractivity contribution in [3.63, 3.8) is 0 Å². The number of benzene rings is 4. The highest BCUT2D eigenvalue weighted by Gasteiger charge is 1.99. The van der Waals surface area contributed by atoms with Gasteiger partial charge in [-0.05, 0) is 117 Å². The zero-order chi connectivity index (χ0) is 27.1. The summed E-state index contributed by atoms with van der Waals surface area (Å²) in [5, 5.41) is 17.2. The predicted octanol–water partition coefficient (Wildman–Crippen LogP) is 10.4. The summed E-state index contributed by atoms with van der Waals surface area (Å²) in [6.07, 6.45) is 5.24. The van der Waals surface area contributed by atoms with E-state index in [0.717, 1.165) is 66.4 Å². The molecule has 0 heterocycles. The van der Waals surface area contributed by atoms with Crippen LogP contribution in [0.3, 0.4) is 0 Å². The Balaban J connectivity index is 1.06. The van der Waals surface area contributed by atoms with Crippen LogP contribution < -0.4 is 9.47 Å². The van der Waals surface area contributed by atoms with E-state index in [4.69, 9.17) is 9.47 Å². The van der Waals surface area contributed by atoms with E-state index in [0.29, 0.717) is 13.2 Å². The molecule has 0 aliphatic carbocycles. The summed E-state index contributed by atoms with van der Waals surface area (Å²) < 4.78 is 11.7. The molecule has 0 N–H and O–H groups in total. The van der Waals surface area contributed by atoms with Crippen molar-refractivity contribution in [1.82, 2.24) is 0 Å². The maximum Gasteiger partial charge on any atom is 0.119 e. The third-order valence-electron chi connectivity index (χ3n) is 6.19. The summed E-state index contributed by atoms with van der Waals surface area (Å²) in [5.41, 5.74) is 5.81. The van der Waals surface area contributed by atoms with Crippen LogP contribution in [0.25, 0.3) is 0 Å². The standard InChI is InChI=1S/C33H36N4O2/c1-3-27-10-14-29(15-11-27)35-37-31-18-22-33(23-19-31)39-25-7-5-4-6-24-38-32-20-16-30(17-21-32)36-34-28-12-8-26(2)9-13-28/h8-23H,3-7,24-25H2,1-2H3. The summed E-state index contributed by atoms with van der Waals surface area (Å²) in [5.74, 6) is 1.71. The SMILES string of the molecule is CCc1ccc(N=Nc2ccc(OCCCCCCOc3ccc(N=Nc4ccc(C)cc4)cc3)cc2)cc1. The zero-order valence-electron chi connectivity index (χ0n) is 22.8. The Morgan fingerprint density at radius 3 is 1.21 bits per heavy atom. The average molecular weight is 521 g/mol. The largest absolute Gasteiger partial charge is 0.494 e. The molecule has 0 aromatic heterocycles. The van der Waals surface area contributed by atoms with Gasteiger partial charge in [-0.2, -0.15) is 20.5 Å². The fourth-order valence-corrected chi connectivity index (χ4v) is 3.80. The summed E-state index contributed by atoms with van der Waals surface area (Å²) in [6.45, 7) is 5.59. The first-order valence-electron chi connectivity index (χ1n) is 13.6. The first kappa shape index (κ1) is 27.7. The van der Waals surface area contributed by atoms with Crippen LogP contribution >= 0.6 is 0 Å². The number of ether oxygens (including phenoxy) is 2. The van der Waals surface area contributed by atoms with Gasteiger partial charge in [0.25, 0.3) is 0 Å². The molecule has 0 atom stereocenters. The highest BCUT2D eigenvalue weighted by Crippen LogP contribution is 2.23. The van der Waals surface area contributed by atoms with Crippen LogP contribution in [0.1, 0.15) is 43.7 Å². The summed E-state index contributed by atoms with van der Waals surface area (Å²) >= 11 is 0. The fraction of sp³-hybridized carbons (Fsp3) is 0.273. The predicted molar refractivity (Wildman–Crippen MR) is 158 cm³/mol. The summed E-state index contributed by atoms with van der Waals surface area (Å²) in [4.78, 5) is 0. The molecule has 0 unspecified atom stereocenters. The van der Waals surface area contributed by atoms with Gasteiger partial charge < -0.3 is 9.47 Å². The van der Waals surface area contributed by atoms with E-state index in [-0.39, 0.29) is 0 Å². The van der Waals surface area contributed by atoms with E-state index in [1.165, 1.54) is 11.1 Å². The number of azo groups is 2. The molecule has 0 aliphatic rings. The highest BCUT2D eigenvalue weighted by molar-refractivity contribution is 5.44. The molecule has 0 saturated heterocycles. The lowest BCUT2D eigenvalue weighted by molar-refractivity contribution is 0.287. The quantitative estimate of drug-likeness (QED) is 0.123. The molecular formula is C33H36N4O2. The minimum Gasteiger partial charge on any atom is -0.494 e. The van der Waals surface area contributed by atoms with Crippen molar-refractivity contribution in [2.45, 2.75) is 46.0 Å². The van der Waals surface area contributed by atoms with Crippen molar-refractivity contribution in [2.24, 2.45) is 20.5 Å². The lowest BCUT2D eigenvalue weighted by atomic mass is 10.2.